The first-order valence-electron chi connectivity index (χ1n) is 6.18. The quantitative estimate of drug-likeness (QED) is 0.825. The van der Waals surface area contributed by atoms with Crippen molar-refractivity contribution < 1.29 is 4.39 Å². The SMILES string of the molecule is Cc1cc(CN(C)CCCC(C)N)ccc1F. The van der Waals surface area contributed by atoms with E-state index in [1.54, 1.807) is 13.0 Å². The molecule has 0 saturated heterocycles. The van der Waals surface area contributed by atoms with Crippen LogP contribution in [0.4, 0.5) is 4.39 Å². The number of hydrogen-bond acceptors (Lipinski definition) is 2. The lowest BCUT2D eigenvalue weighted by Gasteiger charge is -2.17. The van der Waals surface area contributed by atoms with E-state index < -0.39 is 0 Å². The van der Waals surface area contributed by atoms with Crippen molar-refractivity contribution in [2.75, 3.05) is 13.6 Å². The van der Waals surface area contributed by atoms with E-state index >= 15 is 0 Å². The van der Waals surface area contributed by atoms with E-state index in [-0.39, 0.29) is 11.9 Å². The van der Waals surface area contributed by atoms with Crippen LogP contribution >= 0.6 is 0 Å². The maximum atomic E-state index is 13.1. The smallest absolute Gasteiger partial charge is 0.126 e. The van der Waals surface area contributed by atoms with Gasteiger partial charge in [0, 0.05) is 12.6 Å². The van der Waals surface area contributed by atoms with Crippen molar-refractivity contribution in [2.24, 2.45) is 5.73 Å². The largest absolute Gasteiger partial charge is 0.328 e. The molecule has 0 saturated carbocycles. The number of nitrogens with zero attached hydrogens (tertiary/aromatic N) is 1. The third kappa shape index (κ3) is 5.29. The lowest BCUT2D eigenvalue weighted by Crippen LogP contribution is -2.22. The van der Waals surface area contributed by atoms with Crippen molar-refractivity contribution in [3.8, 4) is 0 Å². The third-order valence-corrected chi connectivity index (χ3v) is 2.87. The molecular weight excluding hydrogens is 215 g/mol. The minimum absolute atomic E-state index is 0.131. The summed E-state index contributed by atoms with van der Waals surface area (Å²) < 4.78 is 13.1. The number of benzene rings is 1. The fourth-order valence-electron chi connectivity index (χ4n) is 1.88. The van der Waals surface area contributed by atoms with Crippen molar-refractivity contribution in [3.63, 3.8) is 0 Å². The second-order valence-electron chi connectivity index (χ2n) is 4.94. The molecule has 0 aliphatic carbocycles. The monoisotopic (exact) mass is 238 g/mol. The summed E-state index contributed by atoms with van der Waals surface area (Å²) >= 11 is 0. The zero-order valence-corrected chi connectivity index (χ0v) is 11.0. The summed E-state index contributed by atoms with van der Waals surface area (Å²) in [6.45, 7) is 5.72. The van der Waals surface area contributed by atoms with Crippen LogP contribution in [0.15, 0.2) is 18.2 Å². The van der Waals surface area contributed by atoms with Crippen LogP contribution in [0.3, 0.4) is 0 Å². The van der Waals surface area contributed by atoms with Gasteiger partial charge in [-0.3, -0.25) is 0 Å². The highest BCUT2D eigenvalue weighted by molar-refractivity contribution is 5.23. The molecule has 0 radical (unpaired) electrons. The average Bonchev–Trinajstić information content (AvgIpc) is 2.23. The lowest BCUT2D eigenvalue weighted by molar-refractivity contribution is 0.315. The van der Waals surface area contributed by atoms with Gasteiger partial charge in [-0.1, -0.05) is 12.1 Å². The molecule has 0 fully saturated rings. The van der Waals surface area contributed by atoms with Gasteiger partial charge in [-0.25, -0.2) is 4.39 Å². The molecule has 17 heavy (non-hydrogen) atoms. The average molecular weight is 238 g/mol. The van der Waals surface area contributed by atoms with Gasteiger partial charge in [-0.2, -0.15) is 0 Å². The van der Waals surface area contributed by atoms with Crippen LogP contribution in [0, 0.1) is 12.7 Å². The Morgan fingerprint density at radius 3 is 2.71 bits per heavy atom. The van der Waals surface area contributed by atoms with Gasteiger partial charge in [-0.05, 0) is 57.5 Å². The number of nitrogens with two attached hydrogens (primary N) is 1. The molecule has 0 amide bonds. The molecule has 0 spiro atoms. The van der Waals surface area contributed by atoms with E-state index in [0.29, 0.717) is 5.56 Å². The molecule has 0 bridgehead atoms. The molecule has 1 unspecified atom stereocenters. The fourth-order valence-corrected chi connectivity index (χ4v) is 1.88. The molecule has 0 aliphatic rings. The summed E-state index contributed by atoms with van der Waals surface area (Å²) in [6, 6.07) is 5.58. The van der Waals surface area contributed by atoms with E-state index in [2.05, 4.69) is 11.9 Å². The molecule has 1 aromatic rings. The Hall–Kier alpha value is -0.930. The highest BCUT2D eigenvalue weighted by atomic mass is 19.1. The Labute approximate surface area is 104 Å². The lowest BCUT2D eigenvalue weighted by atomic mass is 10.1. The molecule has 1 atom stereocenters. The maximum Gasteiger partial charge on any atom is 0.126 e. The predicted molar refractivity (Wildman–Crippen MR) is 70.4 cm³/mol. The molecule has 1 aromatic carbocycles. The predicted octanol–water partition coefficient (Wildman–Crippen LogP) is 2.69. The maximum absolute atomic E-state index is 13.1. The second-order valence-corrected chi connectivity index (χ2v) is 4.94. The first-order chi connectivity index (χ1) is 7.99. The third-order valence-electron chi connectivity index (χ3n) is 2.87. The van der Waals surface area contributed by atoms with E-state index in [1.165, 1.54) is 0 Å². The molecule has 1 rings (SSSR count). The van der Waals surface area contributed by atoms with Crippen molar-refractivity contribution in [3.05, 3.63) is 35.1 Å². The summed E-state index contributed by atoms with van der Waals surface area (Å²) in [5, 5.41) is 0. The Bertz CT molecular complexity index is 350. The molecule has 0 heterocycles. The standard InChI is InChI=1S/C14H23FN2/c1-11-9-13(6-7-14(11)15)10-17(3)8-4-5-12(2)16/h6-7,9,12H,4-5,8,10,16H2,1-3H3. The topological polar surface area (TPSA) is 29.3 Å². The number of hydrogen-bond donors (Lipinski definition) is 1. The van der Waals surface area contributed by atoms with Crippen LogP contribution in [-0.2, 0) is 6.54 Å². The van der Waals surface area contributed by atoms with Gasteiger partial charge >= 0.3 is 0 Å². The van der Waals surface area contributed by atoms with Crippen LogP contribution in [0.25, 0.3) is 0 Å². The second kappa shape index (κ2) is 6.72. The summed E-state index contributed by atoms with van der Waals surface area (Å²) in [6.07, 6.45) is 2.15. The Morgan fingerprint density at radius 1 is 1.41 bits per heavy atom. The molecule has 96 valence electrons. The van der Waals surface area contributed by atoms with Gasteiger partial charge in [0.1, 0.15) is 5.82 Å². The fraction of sp³-hybridized carbons (Fsp3) is 0.571. The van der Waals surface area contributed by atoms with Crippen LogP contribution in [-0.4, -0.2) is 24.5 Å². The number of aryl methyl sites for hydroxylation is 1. The van der Waals surface area contributed by atoms with E-state index in [1.807, 2.05) is 19.1 Å². The first kappa shape index (κ1) is 14.1. The molecular formula is C14H23FN2. The van der Waals surface area contributed by atoms with Gasteiger partial charge in [0.15, 0.2) is 0 Å². The highest BCUT2D eigenvalue weighted by Crippen LogP contribution is 2.11. The molecule has 0 aromatic heterocycles. The molecule has 2 N–H and O–H groups in total. The summed E-state index contributed by atoms with van der Waals surface area (Å²) in [5.74, 6) is -0.131. The Kier molecular flexibility index (Phi) is 5.59. The molecule has 3 heteroatoms. The Morgan fingerprint density at radius 2 is 2.12 bits per heavy atom. The van der Waals surface area contributed by atoms with Crippen LogP contribution in [0.1, 0.15) is 30.9 Å². The number of rotatable bonds is 6. The van der Waals surface area contributed by atoms with Gasteiger partial charge in [0.05, 0.1) is 0 Å². The van der Waals surface area contributed by atoms with Gasteiger partial charge in [0.2, 0.25) is 0 Å². The minimum atomic E-state index is -0.131. The van der Waals surface area contributed by atoms with E-state index in [9.17, 15) is 4.39 Å². The summed E-state index contributed by atoms with van der Waals surface area (Å²) in [4.78, 5) is 2.25. The number of halogens is 1. The minimum Gasteiger partial charge on any atom is -0.328 e. The van der Waals surface area contributed by atoms with E-state index in [4.69, 9.17) is 5.73 Å². The van der Waals surface area contributed by atoms with Crippen molar-refractivity contribution >= 4 is 0 Å². The van der Waals surface area contributed by atoms with Crippen LogP contribution < -0.4 is 5.73 Å². The van der Waals surface area contributed by atoms with Crippen LogP contribution in [0.2, 0.25) is 0 Å². The van der Waals surface area contributed by atoms with Crippen molar-refractivity contribution in [1.29, 1.82) is 0 Å². The van der Waals surface area contributed by atoms with Gasteiger partial charge in [0.25, 0.3) is 0 Å². The zero-order chi connectivity index (χ0) is 12.8. The highest BCUT2D eigenvalue weighted by Gasteiger charge is 2.03. The molecule has 2 nitrogen and oxygen atoms in total. The van der Waals surface area contributed by atoms with Gasteiger partial charge < -0.3 is 10.6 Å². The van der Waals surface area contributed by atoms with Crippen molar-refractivity contribution in [2.45, 2.75) is 39.3 Å². The summed E-state index contributed by atoms with van der Waals surface area (Å²) in [5.41, 5.74) is 7.58. The van der Waals surface area contributed by atoms with Gasteiger partial charge in [-0.15, -0.1) is 0 Å². The van der Waals surface area contributed by atoms with Crippen molar-refractivity contribution in [1.82, 2.24) is 4.90 Å². The van der Waals surface area contributed by atoms with E-state index in [0.717, 1.165) is 31.5 Å². The Balaban J connectivity index is 2.39. The first-order valence-corrected chi connectivity index (χ1v) is 6.18. The normalized spacial score (nSPS) is 13.1. The summed E-state index contributed by atoms with van der Waals surface area (Å²) in [7, 11) is 2.08. The van der Waals surface area contributed by atoms with Crippen LogP contribution in [0.5, 0.6) is 0 Å². The molecule has 0 aliphatic heterocycles. The zero-order valence-electron chi connectivity index (χ0n) is 11.0.